The Kier molecular flexibility index (Phi) is 6.59. The summed E-state index contributed by atoms with van der Waals surface area (Å²) in [5.41, 5.74) is 2.12. The second-order valence-electron chi connectivity index (χ2n) is 7.75. The molecular weight excluding hydrogens is 470 g/mol. The highest BCUT2D eigenvalue weighted by Gasteiger charge is 2.20. The van der Waals surface area contributed by atoms with E-state index in [2.05, 4.69) is 20.2 Å². The Hall–Kier alpha value is -3.96. The Morgan fingerprint density at radius 3 is 2.80 bits per heavy atom. The first-order valence-electron chi connectivity index (χ1n) is 11.0. The van der Waals surface area contributed by atoms with Crippen LogP contribution in [0, 0.1) is 0 Å². The summed E-state index contributed by atoms with van der Waals surface area (Å²) in [7, 11) is 1.58. The average molecular weight is 494 g/mol. The van der Waals surface area contributed by atoms with E-state index in [4.69, 9.17) is 14.2 Å². The molecule has 1 fully saturated rings. The van der Waals surface area contributed by atoms with Crippen LogP contribution in [0.2, 0.25) is 0 Å². The van der Waals surface area contributed by atoms with Crippen molar-refractivity contribution in [2.24, 2.45) is 0 Å². The van der Waals surface area contributed by atoms with Gasteiger partial charge >= 0.3 is 6.09 Å². The van der Waals surface area contributed by atoms with Gasteiger partial charge < -0.3 is 23.7 Å². The van der Waals surface area contributed by atoms with E-state index in [1.807, 2.05) is 30.3 Å². The maximum atomic E-state index is 12.5. The van der Waals surface area contributed by atoms with Gasteiger partial charge in [-0.15, -0.1) is 0 Å². The van der Waals surface area contributed by atoms with E-state index in [9.17, 15) is 9.59 Å². The van der Waals surface area contributed by atoms with Gasteiger partial charge in [0.25, 0.3) is 5.56 Å². The Bertz CT molecular complexity index is 1400. The predicted molar refractivity (Wildman–Crippen MR) is 133 cm³/mol. The van der Waals surface area contributed by atoms with Crippen LogP contribution < -0.4 is 25.2 Å². The van der Waals surface area contributed by atoms with Crippen LogP contribution in [-0.4, -0.2) is 54.0 Å². The molecule has 180 valence electrons. The van der Waals surface area contributed by atoms with Gasteiger partial charge in [-0.2, -0.15) is 0 Å². The number of carbonyl (C=O) groups is 1. The maximum absolute atomic E-state index is 12.5. The molecule has 10 nitrogen and oxygen atoms in total. The third-order valence-corrected chi connectivity index (χ3v) is 6.50. The third-order valence-electron chi connectivity index (χ3n) is 5.50. The zero-order valence-electron chi connectivity index (χ0n) is 19.0. The Morgan fingerprint density at radius 2 is 2.06 bits per heavy atom. The number of fused-ring (bicyclic) bond motifs is 1. The number of rotatable bonds is 6. The molecule has 0 aliphatic carbocycles. The van der Waals surface area contributed by atoms with E-state index >= 15 is 0 Å². The molecule has 1 amide bonds. The highest BCUT2D eigenvalue weighted by atomic mass is 32.1. The van der Waals surface area contributed by atoms with Gasteiger partial charge in [-0.1, -0.05) is 17.4 Å². The number of nitrogens with one attached hydrogen (secondary N) is 1. The lowest BCUT2D eigenvalue weighted by molar-refractivity contribution is 0.123. The standard InChI is InChI=1S/C24H23N5O5S/c1-32-19-6-5-18(28-10-12-33-13-11-28)22-21(19)26-23(35-22)27-24(31)34-17-7-9-29(20(30)14-17)15-16-4-2-3-8-25-16/h2-9,14H,10-13,15H2,1H3,(H,26,27,31). The summed E-state index contributed by atoms with van der Waals surface area (Å²) in [6, 6.07) is 12.2. The third kappa shape index (κ3) is 5.10. The molecule has 1 aliphatic rings. The van der Waals surface area contributed by atoms with Crippen molar-refractivity contribution in [2.45, 2.75) is 6.54 Å². The molecular formula is C24H23N5O5S. The molecule has 3 aromatic heterocycles. The first-order chi connectivity index (χ1) is 17.1. The number of thiazole rings is 1. The molecule has 0 radical (unpaired) electrons. The lowest BCUT2D eigenvalue weighted by Crippen LogP contribution is -2.36. The number of benzene rings is 1. The number of hydrogen-bond donors (Lipinski definition) is 1. The van der Waals surface area contributed by atoms with Gasteiger partial charge in [-0.3, -0.25) is 15.1 Å². The van der Waals surface area contributed by atoms with Gasteiger partial charge in [-0.05, 0) is 30.3 Å². The molecule has 35 heavy (non-hydrogen) atoms. The van der Waals surface area contributed by atoms with E-state index in [1.165, 1.54) is 22.0 Å². The number of ether oxygens (including phenoxy) is 3. The topological polar surface area (TPSA) is 108 Å². The van der Waals surface area contributed by atoms with Crippen LogP contribution in [0.4, 0.5) is 15.6 Å². The number of methoxy groups -OCH3 is 1. The summed E-state index contributed by atoms with van der Waals surface area (Å²) >= 11 is 1.33. The summed E-state index contributed by atoms with van der Waals surface area (Å²) in [6.07, 6.45) is 2.50. The monoisotopic (exact) mass is 493 g/mol. The van der Waals surface area contributed by atoms with Crippen LogP contribution in [0.3, 0.4) is 0 Å². The number of nitrogens with zero attached hydrogens (tertiary/aromatic N) is 4. The van der Waals surface area contributed by atoms with Crippen molar-refractivity contribution >= 4 is 38.5 Å². The molecule has 0 saturated carbocycles. The van der Waals surface area contributed by atoms with E-state index in [1.54, 1.807) is 25.6 Å². The molecule has 0 spiro atoms. The highest BCUT2D eigenvalue weighted by Crippen LogP contribution is 2.39. The fraction of sp³-hybridized carbons (Fsp3) is 0.250. The van der Waals surface area contributed by atoms with E-state index in [-0.39, 0.29) is 11.3 Å². The zero-order valence-corrected chi connectivity index (χ0v) is 19.8. The van der Waals surface area contributed by atoms with Gasteiger partial charge in [0.2, 0.25) is 0 Å². The van der Waals surface area contributed by atoms with Gasteiger partial charge in [-0.25, -0.2) is 9.78 Å². The number of carbonyl (C=O) groups excluding carboxylic acids is 1. The molecule has 0 atom stereocenters. The van der Waals surface area contributed by atoms with Crippen molar-refractivity contribution in [3.63, 3.8) is 0 Å². The van der Waals surface area contributed by atoms with E-state index in [0.29, 0.717) is 36.2 Å². The zero-order chi connectivity index (χ0) is 24.2. The highest BCUT2D eigenvalue weighted by molar-refractivity contribution is 7.23. The summed E-state index contributed by atoms with van der Waals surface area (Å²) in [5, 5.41) is 3.03. The minimum absolute atomic E-state index is 0.137. The van der Waals surface area contributed by atoms with Crippen LogP contribution in [0.5, 0.6) is 11.5 Å². The molecule has 5 rings (SSSR count). The van der Waals surface area contributed by atoms with Crippen molar-refractivity contribution < 1.29 is 19.0 Å². The Labute approximate surface area is 204 Å². The van der Waals surface area contributed by atoms with Crippen molar-refractivity contribution in [2.75, 3.05) is 43.6 Å². The van der Waals surface area contributed by atoms with Crippen molar-refractivity contribution in [1.82, 2.24) is 14.5 Å². The lowest BCUT2D eigenvalue weighted by atomic mass is 10.2. The smallest absolute Gasteiger partial charge is 0.418 e. The summed E-state index contributed by atoms with van der Waals surface area (Å²) in [5.74, 6) is 0.753. The largest absolute Gasteiger partial charge is 0.494 e. The summed E-state index contributed by atoms with van der Waals surface area (Å²) < 4.78 is 18.6. The van der Waals surface area contributed by atoms with Gasteiger partial charge in [0, 0.05) is 31.5 Å². The molecule has 0 unspecified atom stereocenters. The number of aromatic nitrogens is 3. The molecule has 1 aliphatic heterocycles. The minimum atomic E-state index is -0.738. The van der Waals surface area contributed by atoms with Crippen molar-refractivity contribution in [3.05, 3.63) is 70.9 Å². The predicted octanol–water partition coefficient (Wildman–Crippen LogP) is 3.36. The quantitative estimate of drug-likeness (QED) is 0.436. The molecule has 1 N–H and O–H groups in total. The van der Waals surface area contributed by atoms with Crippen LogP contribution in [0.1, 0.15) is 5.69 Å². The van der Waals surface area contributed by atoms with E-state index in [0.717, 1.165) is 29.2 Å². The minimum Gasteiger partial charge on any atom is -0.494 e. The Balaban J connectivity index is 1.31. The van der Waals surface area contributed by atoms with Crippen LogP contribution in [0.15, 0.2) is 59.7 Å². The molecule has 4 aromatic rings. The van der Waals surface area contributed by atoms with Crippen molar-refractivity contribution in [1.29, 1.82) is 0 Å². The number of hydrogen-bond acceptors (Lipinski definition) is 9. The number of anilines is 2. The molecule has 4 heterocycles. The fourth-order valence-electron chi connectivity index (χ4n) is 3.81. The number of pyridine rings is 2. The summed E-state index contributed by atoms with van der Waals surface area (Å²) in [4.78, 5) is 36.0. The summed E-state index contributed by atoms with van der Waals surface area (Å²) in [6.45, 7) is 3.19. The maximum Gasteiger partial charge on any atom is 0.418 e. The van der Waals surface area contributed by atoms with Crippen molar-refractivity contribution in [3.8, 4) is 11.5 Å². The second kappa shape index (κ2) is 10.1. The van der Waals surface area contributed by atoms with Crippen LogP contribution in [0.25, 0.3) is 10.2 Å². The normalized spacial score (nSPS) is 13.6. The Morgan fingerprint density at radius 1 is 1.20 bits per heavy atom. The number of morpholine rings is 1. The van der Waals surface area contributed by atoms with Gasteiger partial charge in [0.15, 0.2) is 5.13 Å². The first kappa shape index (κ1) is 22.8. The fourth-order valence-corrected chi connectivity index (χ4v) is 4.82. The average Bonchev–Trinajstić information content (AvgIpc) is 3.29. The molecule has 11 heteroatoms. The lowest BCUT2D eigenvalue weighted by Gasteiger charge is -2.29. The van der Waals surface area contributed by atoms with E-state index < -0.39 is 6.09 Å². The molecule has 1 aromatic carbocycles. The second-order valence-corrected chi connectivity index (χ2v) is 8.75. The molecule has 1 saturated heterocycles. The molecule has 0 bridgehead atoms. The SMILES string of the molecule is COc1ccc(N2CCOCC2)c2sc(NC(=O)Oc3ccn(Cc4ccccn4)c(=O)c3)nc12. The van der Waals surface area contributed by atoms with Crippen LogP contribution >= 0.6 is 11.3 Å². The first-order valence-corrected chi connectivity index (χ1v) is 11.8. The van der Waals surface area contributed by atoms with Crippen LogP contribution in [-0.2, 0) is 11.3 Å². The number of amides is 1. The van der Waals surface area contributed by atoms with Gasteiger partial charge in [0.05, 0.1) is 42.9 Å². The van der Waals surface area contributed by atoms with Gasteiger partial charge in [0.1, 0.15) is 17.0 Å².